The third-order valence-corrected chi connectivity index (χ3v) is 4.52. The average Bonchev–Trinajstić information content (AvgIpc) is 3.10. The Morgan fingerprint density at radius 2 is 2.13 bits per heavy atom. The number of carbonyl (C=O) groups excluding carboxylic acids is 1. The summed E-state index contributed by atoms with van der Waals surface area (Å²) in [5, 5.41) is 25.9. The number of aliphatic imine (C=N–C) groups is 1. The van der Waals surface area contributed by atoms with E-state index in [9.17, 15) is 19.1 Å². The second-order valence-corrected chi connectivity index (χ2v) is 6.69. The Balaban J connectivity index is 1.91. The van der Waals surface area contributed by atoms with Gasteiger partial charge in [0.15, 0.2) is 0 Å². The van der Waals surface area contributed by atoms with Gasteiger partial charge in [0.05, 0.1) is 11.3 Å². The molecule has 0 aliphatic carbocycles. The lowest BCUT2D eigenvalue weighted by Crippen LogP contribution is -2.35. The fourth-order valence-electron chi connectivity index (χ4n) is 3.20. The van der Waals surface area contributed by atoms with Crippen LogP contribution in [0.1, 0.15) is 35.8 Å². The van der Waals surface area contributed by atoms with Crippen LogP contribution in [0.5, 0.6) is 0 Å². The van der Waals surface area contributed by atoms with E-state index in [1.165, 1.54) is 12.1 Å². The van der Waals surface area contributed by atoms with Crippen LogP contribution in [-0.4, -0.2) is 40.2 Å². The lowest BCUT2D eigenvalue weighted by atomic mass is 10.0. The van der Waals surface area contributed by atoms with Crippen LogP contribution in [0.4, 0.5) is 14.9 Å². The first-order valence-electron chi connectivity index (χ1n) is 9.13. The van der Waals surface area contributed by atoms with E-state index in [0.29, 0.717) is 12.3 Å². The number of carbonyl (C=O) groups is 2. The van der Waals surface area contributed by atoms with E-state index < -0.39 is 23.7 Å². The minimum absolute atomic E-state index is 0.0149. The van der Waals surface area contributed by atoms with Gasteiger partial charge in [0.25, 0.3) is 0 Å². The summed E-state index contributed by atoms with van der Waals surface area (Å²) in [6, 6.07) is 3.08. The smallest absolute Gasteiger partial charge is 0.337 e. The lowest BCUT2D eigenvalue weighted by Gasteiger charge is -2.14. The van der Waals surface area contributed by atoms with Crippen LogP contribution in [0.3, 0.4) is 0 Å². The molecular weight excluding hydrogens is 405 g/mol. The van der Waals surface area contributed by atoms with Gasteiger partial charge in [-0.25, -0.2) is 23.6 Å². The highest BCUT2D eigenvalue weighted by Gasteiger charge is 2.24. The van der Waals surface area contributed by atoms with Gasteiger partial charge >= 0.3 is 12.0 Å². The number of aromatic carboxylic acids is 1. The SMILES string of the molecule is C=Nn1cc(C(=O)O)c(-c2ccc(NC(=O)NC3=NC(C)=CCC3)c(F)c2)c1C(=N)N. The van der Waals surface area contributed by atoms with Gasteiger partial charge in [-0.15, -0.1) is 0 Å². The van der Waals surface area contributed by atoms with Crippen molar-refractivity contribution in [3.8, 4) is 11.1 Å². The fraction of sp³-hybridized carbons (Fsp3) is 0.150. The number of aromatic nitrogens is 1. The molecule has 1 aromatic heterocycles. The molecule has 10 nitrogen and oxygen atoms in total. The number of nitrogens with one attached hydrogen (secondary N) is 3. The van der Waals surface area contributed by atoms with E-state index in [1.807, 2.05) is 13.0 Å². The Hall–Kier alpha value is -4.28. The van der Waals surface area contributed by atoms with Gasteiger partial charge in [-0.05, 0) is 31.0 Å². The van der Waals surface area contributed by atoms with E-state index in [-0.39, 0.29) is 28.1 Å². The van der Waals surface area contributed by atoms with Crippen molar-refractivity contribution in [2.45, 2.75) is 19.8 Å². The van der Waals surface area contributed by atoms with Crippen molar-refractivity contribution in [2.75, 3.05) is 5.32 Å². The number of amides is 2. The van der Waals surface area contributed by atoms with Gasteiger partial charge in [-0.1, -0.05) is 12.1 Å². The number of nitrogen functional groups attached to an aromatic ring is 1. The molecule has 6 N–H and O–H groups in total. The molecule has 0 radical (unpaired) electrons. The van der Waals surface area contributed by atoms with Crippen LogP contribution in [-0.2, 0) is 0 Å². The Morgan fingerprint density at radius 1 is 1.39 bits per heavy atom. The summed E-state index contributed by atoms with van der Waals surface area (Å²) in [6.45, 7) is 5.14. The van der Waals surface area contributed by atoms with Gasteiger partial charge in [0.2, 0.25) is 0 Å². The van der Waals surface area contributed by atoms with Crippen LogP contribution in [0.15, 0.2) is 46.3 Å². The van der Waals surface area contributed by atoms with Crippen molar-refractivity contribution in [1.82, 2.24) is 9.99 Å². The highest BCUT2D eigenvalue weighted by Crippen LogP contribution is 2.32. The minimum Gasteiger partial charge on any atom is -0.478 e. The maximum Gasteiger partial charge on any atom is 0.337 e. The van der Waals surface area contributed by atoms with Crippen molar-refractivity contribution in [2.24, 2.45) is 15.8 Å². The quantitative estimate of drug-likeness (QED) is 0.368. The number of hydrogen-bond acceptors (Lipinski definition) is 5. The molecule has 11 heteroatoms. The molecule has 0 bridgehead atoms. The Morgan fingerprint density at radius 3 is 2.71 bits per heavy atom. The molecular formula is C20H20FN7O3. The summed E-state index contributed by atoms with van der Waals surface area (Å²) in [5.74, 6) is -2.10. The number of carboxylic acids is 1. The second-order valence-electron chi connectivity index (χ2n) is 6.69. The molecule has 2 amide bonds. The molecule has 0 saturated heterocycles. The molecule has 1 aliphatic rings. The largest absolute Gasteiger partial charge is 0.478 e. The number of benzene rings is 1. The van der Waals surface area contributed by atoms with E-state index in [1.54, 1.807) is 0 Å². The molecule has 160 valence electrons. The number of rotatable bonds is 5. The number of nitrogens with zero attached hydrogens (tertiary/aromatic N) is 3. The molecule has 0 fully saturated rings. The van der Waals surface area contributed by atoms with Gasteiger partial charge in [0, 0.05) is 30.6 Å². The van der Waals surface area contributed by atoms with Crippen LogP contribution < -0.4 is 16.4 Å². The standard InChI is InChI=1S/C20H20FN7O3/c1-10-4-3-5-15(25-10)27-20(31)26-14-7-6-11(8-13(14)21)16-12(19(29)30)9-28(24-2)17(16)18(22)23/h4,6-9H,2-3,5H2,1H3,(H3,22,23)(H,29,30)(H2,25,26,27,31). The highest BCUT2D eigenvalue weighted by molar-refractivity contribution is 6.08. The van der Waals surface area contributed by atoms with E-state index >= 15 is 0 Å². The molecule has 3 rings (SSSR count). The number of nitrogens with two attached hydrogens (primary N) is 1. The average molecular weight is 425 g/mol. The van der Waals surface area contributed by atoms with Gasteiger partial charge in [-0.2, -0.15) is 5.10 Å². The normalized spacial score (nSPS) is 13.1. The van der Waals surface area contributed by atoms with E-state index in [0.717, 1.165) is 29.1 Å². The predicted octanol–water partition coefficient (Wildman–Crippen LogP) is 2.96. The van der Waals surface area contributed by atoms with Crippen LogP contribution in [0.2, 0.25) is 0 Å². The summed E-state index contributed by atoms with van der Waals surface area (Å²) in [5.41, 5.74) is 6.14. The molecule has 2 heterocycles. The molecule has 0 saturated carbocycles. The van der Waals surface area contributed by atoms with Gasteiger partial charge in [-0.3, -0.25) is 10.7 Å². The molecule has 31 heavy (non-hydrogen) atoms. The molecule has 0 atom stereocenters. The third-order valence-electron chi connectivity index (χ3n) is 4.52. The maximum atomic E-state index is 14.7. The number of halogens is 1. The Labute approximate surface area is 176 Å². The second kappa shape index (κ2) is 8.61. The molecule has 2 aromatic rings. The number of urea groups is 1. The number of anilines is 1. The van der Waals surface area contributed by atoms with Gasteiger partial charge in [0.1, 0.15) is 23.2 Å². The fourth-order valence-corrected chi connectivity index (χ4v) is 3.20. The van der Waals surface area contributed by atoms with Crippen molar-refractivity contribution in [1.29, 1.82) is 5.41 Å². The third kappa shape index (κ3) is 4.50. The summed E-state index contributed by atoms with van der Waals surface area (Å²) >= 11 is 0. The van der Waals surface area contributed by atoms with Gasteiger partial charge < -0.3 is 16.2 Å². The maximum absolute atomic E-state index is 14.7. The summed E-state index contributed by atoms with van der Waals surface area (Å²) < 4.78 is 15.8. The number of hydrogen-bond donors (Lipinski definition) is 5. The molecule has 1 aromatic carbocycles. The van der Waals surface area contributed by atoms with Crippen LogP contribution in [0.25, 0.3) is 11.1 Å². The van der Waals surface area contributed by atoms with E-state index in [2.05, 4.69) is 27.4 Å². The summed E-state index contributed by atoms with van der Waals surface area (Å²) in [7, 11) is 0. The zero-order valence-electron chi connectivity index (χ0n) is 16.6. The number of allylic oxidation sites excluding steroid dienone is 2. The van der Waals surface area contributed by atoms with Crippen molar-refractivity contribution >= 4 is 36.1 Å². The summed E-state index contributed by atoms with van der Waals surface area (Å²) in [4.78, 5) is 28.0. The number of carboxylic acid groups (broad SMARTS) is 1. The molecule has 0 unspecified atom stereocenters. The first-order valence-corrected chi connectivity index (χ1v) is 9.13. The highest BCUT2D eigenvalue weighted by atomic mass is 19.1. The van der Waals surface area contributed by atoms with Crippen molar-refractivity contribution in [3.05, 3.63) is 53.2 Å². The van der Waals surface area contributed by atoms with Crippen LogP contribution in [0, 0.1) is 11.2 Å². The number of amidine groups is 2. The monoisotopic (exact) mass is 425 g/mol. The first kappa shape index (κ1) is 21.4. The zero-order chi connectivity index (χ0) is 22.7. The molecule has 0 spiro atoms. The Bertz CT molecular complexity index is 1160. The molecule has 1 aliphatic heterocycles. The Kier molecular flexibility index (Phi) is 5.95. The van der Waals surface area contributed by atoms with Crippen LogP contribution >= 0.6 is 0 Å². The zero-order valence-corrected chi connectivity index (χ0v) is 16.6. The summed E-state index contributed by atoms with van der Waals surface area (Å²) in [6.07, 6.45) is 4.39. The lowest BCUT2D eigenvalue weighted by molar-refractivity contribution is 0.0697. The minimum atomic E-state index is -1.31. The first-order chi connectivity index (χ1) is 14.7. The van der Waals surface area contributed by atoms with E-state index in [4.69, 9.17) is 11.1 Å². The predicted molar refractivity (Wildman–Crippen MR) is 115 cm³/mol. The van der Waals surface area contributed by atoms with Crippen molar-refractivity contribution in [3.63, 3.8) is 0 Å². The topological polar surface area (TPSA) is 158 Å². The van der Waals surface area contributed by atoms with Crippen molar-refractivity contribution < 1.29 is 19.1 Å².